The number of para-hydroxylation sites is 2. The second-order valence-electron chi connectivity index (χ2n) is 6.55. The number of anilines is 3. The van der Waals surface area contributed by atoms with Crippen LogP contribution in [0.3, 0.4) is 0 Å². The quantitative estimate of drug-likeness (QED) is 0.621. The minimum Gasteiger partial charge on any atom is -0.489 e. The first kappa shape index (κ1) is 20.2. The first-order valence-corrected chi connectivity index (χ1v) is 8.96. The largest absolute Gasteiger partial charge is 0.489 e. The van der Waals surface area contributed by atoms with Crippen LogP contribution in [0.2, 0.25) is 0 Å². The summed E-state index contributed by atoms with van der Waals surface area (Å²) in [6.07, 6.45) is -0.0595. The summed E-state index contributed by atoms with van der Waals surface area (Å²) in [4.78, 5) is 21.0. The number of aryl methyl sites for hydroxylation is 1. The molecule has 150 valence electrons. The summed E-state index contributed by atoms with van der Waals surface area (Å²) in [7, 11) is 0. The SMILES string of the molecule is Cc1nc(Nc2ccc(F)cc2F)cc(C(=O)Nc2ccccc2OC(C)C)n1. The van der Waals surface area contributed by atoms with Crippen molar-refractivity contribution in [2.45, 2.75) is 26.9 Å². The number of rotatable bonds is 6. The van der Waals surface area contributed by atoms with Crippen molar-refractivity contribution in [2.24, 2.45) is 0 Å². The van der Waals surface area contributed by atoms with E-state index in [1.807, 2.05) is 19.9 Å². The van der Waals surface area contributed by atoms with Crippen LogP contribution in [0, 0.1) is 18.6 Å². The molecule has 3 rings (SSSR count). The zero-order valence-corrected chi connectivity index (χ0v) is 16.2. The van der Waals surface area contributed by atoms with Gasteiger partial charge in [0, 0.05) is 12.1 Å². The van der Waals surface area contributed by atoms with Crippen LogP contribution in [0.4, 0.5) is 26.0 Å². The highest BCUT2D eigenvalue weighted by Gasteiger charge is 2.15. The number of benzene rings is 2. The summed E-state index contributed by atoms with van der Waals surface area (Å²) in [6, 6.07) is 11.6. The van der Waals surface area contributed by atoms with E-state index in [2.05, 4.69) is 20.6 Å². The lowest BCUT2D eigenvalue weighted by molar-refractivity contribution is 0.102. The van der Waals surface area contributed by atoms with Gasteiger partial charge < -0.3 is 15.4 Å². The van der Waals surface area contributed by atoms with Crippen molar-refractivity contribution in [1.82, 2.24) is 9.97 Å². The van der Waals surface area contributed by atoms with Gasteiger partial charge in [-0.2, -0.15) is 0 Å². The van der Waals surface area contributed by atoms with Gasteiger partial charge in [-0.25, -0.2) is 18.7 Å². The van der Waals surface area contributed by atoms with Crippen LogP contribution in [0.25, 0.3) is 0 Å². The number of halogens is 2. The summed E-state index contributed by atoms with van der Waals surface area (Å²) >= 11 is 0. The van der Waals surface area contributed by atoms with Gasteiger partial charge in [0.05, 0.1) is 17.5 Å². The van der Waals surface area contributed by atoms with E-state index in [-0.39, 0.29) is 23.3 Å². The number of ether oxygens (including phenoxy) is 1. The Morgan fingerprint density at radius 3 is 2.52 bits per heavy atom. The maximum absolute atomic E-state index is 13.9. The third kappa shape index (κ3) is 5.25. The molecule has 8 heteroatoms. The minimum absolute atomic E-state index is 0.0338. The maximum atomic E-state index is 13.9. The van der Waals surface area contributed by atoms with Crippen LogP contribution in [-0.2, 0) is 0 Å². The maximum Gasteiger partial charge on any atom is 0.274 e. The Kier molecular flexibility index (Phi) is 6.01. The molecule has 0 aliphatic rings. The van der Waals surface area contributed by atoms with Gasteiger partial charge >= 0.3 is 0 Å². The molecule has 0 bridgehead atoms. The van der Waals surface area contributed by atoms with E-state index in [9.17, 15) is 13.6 Å². The molecule has 0 atom stereocenters. The molecule has 29 heavy (non-hydrogen) atoms. The number of aromatic nitrogens is 2. The van der Waals surface area contributed by atoms with E-state index in [1.165, 1.54) is 12.1 Å². The van der Waals surface area contributed by atoms with Crippen LogP contribution < -0.4 is 15.4 Å². The molecule has 3 aromatic rings. The van der Waals surface area contributed by atoms with E-state index in [0.717, 1.165) is 12.1 Å². The fraction of sp³-hybridized carbons (Fsp3) is 0.190. The van der Waals surface area contributed by atoms with Crippen LogP contribution >= 0.6 is 0 Å². The van der Waals surface area contributed by atoms with Gasteiger partial charge in [-0.3, -0.25) is 4.79 Å². The van der Waals surface area contributed by atoms with Gasteiger partial charge in [-0.1, -0.05) is 12.1 Å². The van der Waals surface area contributed by atoms with Gasteiger partial charge in [0.1, 0.15) is 34.7 Å². The molecule has 0 saturated heterocycles. The normalized spacial score (nSPS) is 10.7. The fourth-order valence-electron chi connectivity index (χ4n) is 2.59. The summed E-state index contributed by atoms with van der Waals surface area (Å²) < 4.78 is 32.7. The van der Waals surface area contributed by atoms with E-state index in [0.29, 0.717) is 17.3 Å². The van der Waals surface area contributed by atoms with Gasteiger partial charge in [0.25, 0.3) is 5.91 Å². The number of nitrogens with zero attached hydrogens (tertiary/aromatic N) is 2. The zero-order valence-electron chi connectivity index (χ0n) is 16.2. The Morgan fingerprint density at radius 1 is 1.03 bits per heavy atom. The van der Waals surface area contributed by atoms with Crippen molar-refractivity contribution in [2.75, 3.05) is 10.6 Å². The zero-order chi connectivity index (χ0) is 21.0. The first-order chi connectivity index (χ1) is 13.8. The van der Waals surface area contributed by atoms with Gasteiger partial charge in [-0.15, -0.1) is 0 Å². The Bertz CT molecular complexity index is 1040. The van der Waals surface area contributed by atoms with Gasteiger partial charge in [0.2, 0.25) is 0 Å². The van der Waals surface area contributed by atoms with E-state index < -0.39 is 17.5 Å². The summed E-state index contributed by atoms with van der Waals surface area (Å²) in [5.74, 6) is -0.873. The number of carbonyl (C=O) groups excluding carboxylic acids is 1. The highest BCUT2D eigenvalue weighted by atomic mass is 19.1. The van der Waals surface area contributed by atoms with Crippen molar-refractivity contribution in [3.63, 3.8) is 0 Å². The lowest BCUT2D eigenvalue weighted by Gasteiger charge is -2.15. The average Bonchev–Trinajstić information content (AvgIpc) is 2.65. The van der Waals surface area contributed by atoms with Gasteiger partial charge in [-0.05, 0) is 45.0 Å². The summed E-state index contributed by atoms with van der Waals surface area (Å²) in [5, 5.41) is 5.50. The summed E-state index contributed by atoms with van der Waals surface area (Å²) in [6.45, 7) is 5.39. The van der Waals surface area contributed by atoms with Crippen molar-refractivity contribution < 1.29 is 18.3 Å². The lowest BCUT2D eigenvalue weighted by atomic mass is 10.2. The van der Waals surface area contributed by atoms with Crippen molar-refractivity contribution in [1.29, 1.82) is 0 Å². The predicted octanol–water partition coefficient (Wildman–Crippen LogP) is 4.85. The smallest absolute Gasteiger partial charge is 0.274 e. The van der Waals surface area contributed by atoms with E-state index in [4.69, 9.17) is 4.74 Å². The first-order valence-electron chi connectivity index (χ1n) is 8.96. The molecule has 6 nitrogen and oxygen atoms in total. The molecule has 0 unspecified atom stereocenters. The Balaban J connectivity index is 1.83. The third-order valence-corrected chi connectivity index (χ3v) is 3.76. The number of amides is 1. The number of hydrogen-bond acceptors (Lipinski definition) is 5. The molecule has 0 aliphatic heterocycles. The average molecular weight is 398 g/mol. The second kappa shape index (κ2) is 8.64. The highest BCUT2D eigenvalue weighted by molar-refractivity contribution is 6.04. The van der Waals surface area contributed by atoms with Crippen molar-refractivity contribution in [3.05, 3.63) is 71.7 Å². The van der Waals surface area contributed by atoms with Crippen molar-refractivity contribution in [3.8, 4) is 5.75 Å². The van der Waals surface area contributed by atoms with Crippen LogP contribution in [0.5, 0.6) is 5.75 Å². The molecule has 0 spiro atoms. The number of nitrogens with one attached hydrogen (secondary N) is 2. The molecule has 1 heterocycles. The predicted molar refractivity (Wildman–Crippen MR) is 107 cm³/mol. The highest BCUT2D eigenvalue weighted by Crippen LogP contribution is 2.26. The molecule has 0 fully saturated rings. The van der Waals surface area contributed by atoms with Crippen LogP contribution in [0.15, 0.2) is 48.5 Å². The molecule has 0 aliphatic carbocycles. The van der Waals surface area contributed by atoms with Crippen molar-refractivity contribution >= 4 is 23.1 Å². The molecule has 2 N–H and O–H groups in total. The molecular weight excluding hydrogens is 378 g/mol. The molecule has 0 radical (unpaired) electrons. The molecule has 0 saturated carbocycles. The minimum atomic E-state index is -0.771. The third-order valence-electron chi connectivity index (χ3n) is 3.76. The Hall–Kier alpha value is -3.55. The monoisotopic (exact) mass is 398 g/mol. The molecule has 1 amide bonds. The fourth-order valence-corrected chi connectivity index (χ4v) is 2.59. The van der Waals surface area contributed by atoms with E-state index >= 15 is 0 Å². The molecule has 1 aromatic heterocycles. The number of hydrogen-bond donors (Lipinski definition) is 2. The van der Waals surface area contributed by atoms with Crippen LogP contribution in [0.1, 0.15) is 30.2 Å². The molecule has 2 aromatic carbocycles. The van der Waals surface area contributed by atoms with Crippen LogP contribution in [-0.4, -0.2) is 22.0 Å². The lowest BCUT2D eigenvalue weighted by Crippen LogP contribution is -2.17. The standard InChI is InChI=1S/C21H20F2N4O2/c1-12(2)29-19-7-5-4-6-17(19)27-21(28)18-11-20(25-13(3)24-18)26-16-9-8-14(22)10-15(16)23/h4-12H,1-3H3,(H,27,28)(H,24,25,26). The topological polar surface area (TPSA) is 76.1 Å². The Morgan fingerprint density at radius 2 is 1.79 bits per heavy atom. The second-order valence-corrected chi connectivity index (χ2v) is 6.55. The summed E-state index contributed by atoms with van der Waals surface area (Å²) in [5.41, 5.74) is 0.620. The Labute approximate surface area is 167 Å². The number of carbonyl (C=O) groups is 1. The van der Waals surface area contributed by atoms with E-state index in [1.54, 1.807) is 25.1 Å². The molecular formula is C21H20F2N4O2. The van der Waals surface area contributed by atoms with Gasteiger partial charge in [0.15, 0.2) is 0 Å².